The molecule has 1 aromatic heterocycles. The first-order valence-corrected chi connectivity index (χ1v) is 13.4. The number of thioether (sulfide) groups is 1. The number of para-hydroxylation sites is 1. The van der Waals surface area contributed by atoms with Crippen LogP contribution in [0.2, 0.25) is 0 Å². The number of ether oxygens (including phenoxy) is 1. The minimum atomic E-state index is -4.14. The fourth-order valence-corrected chi connectivity index (χ4v) is 5.55. The van der Waals surface area contributed by atoms with Gasteiger partial charge in [-0.05, 0) is 43.5 Å². The maximum atomic E-state index is 13.3. The third-order valence-electron chi connectivity index (χ3n) is 5.80. The van der Waals surface area contributed by atoms with Gasteiger partial charge in [0.05, 0.1) is 35.1 Å². The first-order valence-electron chi connectivity index (χ1n) is 10.7. The molecular weight excluding hydrogens is 476 g/mol. The normalized spacial score (nSPS) is 14.3. The van der Waals surface area contributed by atoms with Crippen molar-refractivity contribution in [3.8, 4) is 5.69 Å². The van der Waals surface area contributed by atoms with Gasteiger partial charge in [-0.3, -0.25) is 19.0 Å². The van der Waals surface area contributed by atoms with Gasteiger partial charge in [0.2, 0.25) is 0 Å². The molecule has 0 bridgehead atoms. The summed E-state index contributed by atoms with van der Waals surface area (Å²) in [5, 5.41) is 0. The molecule has 11 heteroatoms. The van der Waals surface area contributed by atoms with E-state index in [4.69, 9.17) is 4.74 Å². The van der Waals surface area contributed by atoms with E-state index in [1.54, 1.807) is 53.9 Å². The number of morpholine rings is 1. The van der Waals surface area contributed by atoms with Crippen molar-refractivity contribution in [1.29, 1.82) is 0 Å². The second-order valence-corrected chi connectivity index (χ2v) is 10.3. The summed E-state index contributed by atoms with van der Waals surface area (Å²) in [7, 11) is -2.45. The molecule has 1 aliphatic rings. The molecule has 180 valence electrons. The maximum Gasteiger partial charge on any atom is 0.296 e. The lowest BCUT2D eigenvalue weighted by molar-refractivity contribution is 0.0300. The van der Waals surface area contributed by atoms with E-state index in [1.807, 2.05) is 12.3 Å². The second-order valence-electron chi connectivity index (χ2n) is 7.81. The predicted octanol–water partition coefficient (Wildman–Crippen LogP) is 2.48. The van der Waals surface area contributed by atoms with Crippen molar-refractivity contribution in [2.24, 2.45) is 7.05 Å². The van der Waals surface area contributed by atoms with Gasteiger partial charge in [0.15, 0.2) is 0 Å². The third-order valence-corrected chi connectivity index (χ3v) is 7.94. The number of carbonyl (C=O) groups is 1. The third kappa shape index (κ3) is 4.50. The Hall–Kier alpha value is -3.02. The highest BCUT2D eigenvalue weighted by molar-refractivity contribution is 7.98. The Morgan fingerprint density at radius 3 is 2.41 bits per heavy atom. The van der Waals surface area contributed by atoms with Gasteiger partial charge in [0.1, 0.15) is 5.69 Å². The van der Waals surface area contributed by atoms with Gasteiger partial charge in [-0.2, -0.15) is 0 Å². The molecule has 1 fully saturated rings. The fourth-order valence-electron chi connectivity index (χ4n) is 3.84. The van der Waals surface area contributed by atoms with Gasteiger partial charge in [0, 0.05) is 25.0 Å². The van der Waals surface area contributed by atoms with Gasteiger partial charge in [0.25, 0.3) is 21.5 Å². The molecule has 0 unspecified atom stereocenters. The lowest BCUT2D eigenvalue weighted by Gasteiger charge is -2.27. The van der Waals surface area contributed by atoms with Crippen LogP contribution in [0.15, 0.2) is 63.1 Å². The van der Waals surface area contributed by atoms with Crippen LogP contribution in [0, 0.1) is 6.92 Å². The van der Waals surface area contributed by atoms with Crippen molar-refractivity contribution in [2.45, 2.75) is 16.7 Å². The molecule has 34 heavy (non-hydrogen) atoms. The van der Waals surface area contributed by atoms with Crippen LogP contribution < -0.4 is 10.3 Å². The van der Waals surface area contributed by atoms with Crippen LogP contribution >= 0.6 is 11.8 Å². The molecule has 9 nitrogen and oxygen atoms in total. The first kappa shape index (κ1) is 24.1. The number of hydrogen-bond donors (Lipinski definition) is 1. The first-order chi connectivity index (χ1) is 16.2. The summed E-state index contributed by atoms with van der Waals surface area (Å²) in [4.78, 5) is 28.5. The number of carbonyl (C=O) groups excluding carboxylic acids is 1. The van der Waals surface area contributed by atoms with Crippen LogP contribution in [0.4, 0.5) is 5.69 Å². The highest BCUT2D eigenvalue weighted by Gasteiger charge is 2.26. The highest BCUT2D eigenvalue weighted by atomic mass is 32.2. The Kier molecular flexibility index (Phi) is 6.87. The van der Waals surface area contributed by atoms with Crippen molar-refractivity contribution in [3.63, 3.8) is 0 Å². The van der Waals surface area contributed by atoms with Crippen LogP contribution in [-0.2, 0) is 21.8 Å². The number of anilines is 1. The Labute approximate surface area is 202 Å². The van der Waals surface area contributed by atoms with Crippen LogP contribution in [0.25, 0.3) is 5.69 Å². The van der Waals surface area contributed by atoms with Gasteiger partial charge in [-0.1, -0.05) is 18.2 Å². The molecule has 0 spiro atoms. The zero-order valence-corrected chi connectivity index (χ0v) is 20.8. The van der Waals surface area contributed by atoms with E-state index in [1.165, 1.54) is 28.6 Å². The number of benzene rings is 2. The van der Waals surface area contributed by atoms with Crippen LogP contribution in [0.3, 0.4) is 0 Å². The average molecular weight is 503 g/mol. The topological polar surface area (TPSA) is 103 Å². The monoisotopic (exact) mass is 502 g/mol. The Bertz CT molecular complexity index is 1370. The summed E-state index contributed by atoms with van der Waals surface area (Å²) in [6.07, 6.45) is 1.83. The molecular formula is C23H26N4O5S2. The number of sulfonamides is 1. The zero-order chi connectivity index (χ0) is 24.5. The summed E-state index contributed by atoms with van der Waals surface area (Å²) < 4.78 is 37.4. The molecule has 0 saturated carbocycles. The van der Waals surface area contributed by atoms with Crippen LogP contribution in [0.1, 0.15) is 16.1 Å². The van der Waals surface area contributed by atoms with E-state index in [-0.39, 0.29) is 16.5 Å². The van der Waals surface area contributed by atoms with Crippen molar-refractivity contribution in [2.75, 3.05) is 37.3 Å². The van der Waals surface area contributed by atoms with E-state index in [9.17, 15) is 18.0 Å². The zero-order valence-electron chi connectivity index (χ0n) is 19.1. The average Bonchev–Trinajstić information content (AvgIpc) is 3.06. The summed E-state index contributed by atoms with van der Waals surface area (Å²) >= 11 is 1.37. The number of amides is 1. The van der Waals surface area contributed by atoms with Crippen molar-refractivity contribution in [3.05, 3.63) is 70.1 Å². The van der Waals surface area contributed by atoms with Gasteiger partial charge < -0.3 is 9.64 Å². The Morgan fingerprint density at radius 1 is 1.09 bits per heavy atom. The highest BCUT2D eigenvalue weighted by Crippen LogP contribution is 2.27. The maximum absolute atomic E-state index is 13.3. The Morgan fingerprint density at radius 2 is 1.76 bits per heavy atom. The predicted molar refractivity (Wildman–Crippen MR) is 132 cm³/mol. The summed E-state index contributed by atoms with van der Waals surface area (Å²) in [5.41, 5.74) is 0.860. The number of rotatable bonds is 6. The molecule has 3 aromatic rings. The molecule has 1 amide bonds. The molecule has 1 aliphatic heterocycles. The fraction of sp³-hybridized carbons (Fsp3) is 0.304. The van der Waals surface area contributed by atoms with E-state index in [0.29, 0.717) is 48.1 Å². The van der Waals surface area contributed by atoms with Crippen molar-refractivity contribution in [1.82, 2.24) is 14.3 Å². The summed E-state index contributed by atoms with van der Waals surface area (Å²) in [6, 6.07) is 13.4. The van der Waals surface area contributed by atoms with E-state index in [0.717, 1.165) is 0 Å². The molecule has 0 aliphatic carbocycles. The SMILES string of the molecule is CSc1ccc(S(=O)(=O)Nc2c(C)n(C)n(-c3ccccc3)c2=O)cc1C(=O)N1CCOCC1. The molecule has 1 N–H and O–H groups in total. The van der Waals surface area contributed by atoms with E-state index >= 15 is 0 Å². The molecule has 0 radical (unpaired) electrons. The quantitative estimate of drug-likeness (QED) is 0.520. The smallest absolute Gasteiger partial charge is 0.296 e. The van der Waals surface area contributed by atoms with Gasteiger partial charge >= 0.3 is 0 Å². The molecule has 4 rings (SSSR count). The molecule has 2 heterocycles. The van der Waals surface area contributed by atoms with E-state index in [2.05, 4.69) is 4.72 Å². The minimum Gasteiger partial charge on any atom is -0.378 e. The van der Waals surface area contributed by atoms with Gasteiger partial charge in [-0.25, -0.2) is 13.1 Å². The minimum absolute atomic E-state index is 0.0404. The Balaban J connectivity index is 1.71. The number of hydrogen-bond acceptors (Lipinski definition) is 6. The van der Waals surface area contributed by atoms with E-state index < -0.39 is 15.6 Å². The number of nitrogens with one attached hydrogen (secondary N) is 1. The standard InChI is InChI=1S/C23H26N4O5S2/c1-16-21(23(29)27(25(16)2)17-7-5-4-6-8-17)24-34(30,31)18-9-10-20(33-3)19(15-18)22(28)26-11-13-32-14-12-26/h4-10,15,24H,11-14H2,1-3H3. The number of nitrogens with zero attached hydrogens (tertiary/aromatic N) is 3. The molecule has 2 aromatic carbocycles. The lowest BCUT2D eigenvalue weighted by atomic mass is 10.2. The van der Waals surface area contributed by atoms with Gasteiger partial charge in [-0.15, -0.1) is 11.8 Å². The van der Waals surface area contributed by atoms with Crippen molar-refractivity contribution >= 4 is 33.4 Å². The largest absolute Gasteiger partial charge is 0.378 e. The summed E-state index contributed by atoms with van der Waals surface area (Å²) in [6.45, 7) is 3.46. The molecule has 0 atom stereocenters. The van der Waals surface area contributed by atoms with Crippen molar-refractivity contribution < 1.29 is 17.9 Å². The lowest BCUT2D eigenvalue weighted by Crippen LogP contribution is -2.41. The summed E-state index contributed by atoms with van der Waals surface area (Å²) in [5.74, 6) is -0.243. The van der Waals surface area contributed by atoms with Crippen LogP contribution in [0.5, 0.6) is 0 Å². The second kappa shape index (κ2) is 9.69. The molecule has 1 saturated heterocycles. The van der Waals surface area contributed by atoms with Crippen LogP contribution in [-0.4, -0.2) is 61.1 Å². The number of aromatic nitrogens is 2.